The Morgan fingerprint density at radius 3 is 2.17 bits per heavy atom. The number of rotatable bonds is 6. The molecule has 1 rings (SSSR count). The molecule has 0 saturated heterocycles. The summed E-state index contributed by atoms with van der Waals surface area (Å²) < 4.78 is 32.7. The fraction of sp³-hybridized carbons (Fsp3) is 0.438. The minimum Gasteiger partial charge on any atom is -0.350 e. The molecule has 0 aliphatic carbocycles. The molecule has 0 bridgehead atoms. The lowest BCUT2D eigenvalue weighted by Crippen LogP contribution is -2.27. The Bertz CT molecular complexity index is 538. The summed E-state index contributed by atoms with van der Waals surface area (Å²) in [6.45, 7) is 11.1. The van der Waals surface area contributed by atoms with E-state index in [-0.39, 0.29) is 19.1 Å². The van der Waals surface area contributed by atoms with E-state index in [1.54, 1.807) is 24.3 Å². The molecule has 1 aromatic carbocycles. The fourth-order valence-corrected chi connectivity index (χ4v) is 1.41. The Labute approximate surface area is 139 Å². The SMILES string of the molecule is C=CCC.CC.Cc1ccc(C(=O)NCCOS(=O)(=O)O)cc1. The highest BCUT2D eigenvalue weighted by molar-refractivity contribution is 7.80. The van der Waals surface area contributed by atoms with Crippen LogP contribution in [0.25, 0.3) is 0 Å². The maximum atomic E-state index is 11.5. The number of carbonyl (C=O) groups excluding carboxylic acids is 1. The molecule has 1 aromatic rings. The second kappa shape index (κ2) is 13.9. The predicted octanol–water partition coefficient (Wildman–Crippen LogP) is 3.15. The van der Waals surface area contributed by atoms with E-state index >= 15 is 0 Å². The largest absolute Gasteiger partial charge is 0.397 e. The first-order chi connectivity index (χ1) is 10.8. The highest BCUT2D eigenvalue weighted by Crippen LogP contribution is 2.02. The van der Waals surface area contributed by atoms with E-state index < -0.39 is 10.4 Å². The number of nitrogens with one attached hydrogen (secondary N) is 1. The van der Waals surface area contributed by atoms with Crippen molar-refractivity contribution in [1.82, 2.24) is 5.32 Å². The molecule has 0 unspecified atom stereocenters. The molecule has 0 aliphatic rings. The minimum atomic E-state index is -4.44. The summed E-state index contributed by atoms with van der Waals surface area (Å²) in [6, 6.07) is 6.91. The maximum absolute atomic E-state index is 11.5. The van der Waals surface area contributed by atoms with Crippen LogP contribution in [-0.4, -0.2) is 32.0 Å². The lowest BCUT2D eigenvalue weighted by molar-refractivity contribution is 0.0945. The summed E-state index contributed by atoms with van der Waals surface area (Å²) >= 11 is 0. The van der Waals surface area contributed by atoms with Crippen molar-refractivity contribution in [2.75, 3.05) is 13.2 Å². The van der Waals surface area contributed by atoms with Gasteiger partial charge in [-0.05, 0) is 25.5 Å². The molecule has 0 spiro atoms. The first-order valence-electron chi connectivity index (χ1n) is 7.37. The second-order valence-corrected chi connectivity index (χ2v) is 5.16. The van der Waals surface area contributed by atoms with Crippen molar-refractivity contribution >= 4 is 16.3 Å². The van der Waals surface area contributed by atoms with E-state index in [1.165, 1.54) is 0 Å². The first kappa shape index (κ1) is 23.6. The Balaban J connectivity index is 0. The lowest BCUT2D eigenvalue weighted by Gasteiger charge is -2.04. The molecule has 1 amide bonds. The first-order valence-corrected chi connectivity index (χ1v) is 8.74. The molecule has 7 heteroatoms. The number of carbonyl (C=O) groups is 1. The van der Waals surface area contributed by atoms with Crippen molar-refractivity contribution in [3.05, 3.63) is 48.0 Å². The van der Waals surface area contributed by atoms with Gasteiger partial charge in [0.2, 0.25) is 0 Å². The molecular formula is C16H27NO5S. The van der Waals surface area contributed by atoms with Crippen LogP contribution in [-0.2, 0) is 14.6 Å². The molecule has 0 aliphatic heterocycles. The third kappa shape index (κ3) is 15.0. The molecule has 6 nitrogen and oxygen atoms in total. The number of benzene rings is 1. The molecule has 0 aromatic heterocycles. The molecular weight excluding hydrogens is 318 g/mol. The van der Waals surface area contributed by atoms with Gasteiger partial charge in [-0.15, -0.1) is 6.58 Å². The van der Waals surface area contributed by atoms with Gasteiger partial charge in [0.15, 0.2) is 0 Å². The van der Waals surface area contributed by atoms with Crippen LogP contribution < -0.4 is 5.32 Å². The van der Waals surface area contributed by atoms with Gasteiger partial charge in [-0.25, -0.2) is 4.18 Å². The molecule has 23 heavy (non-hydrogen) atoms. The van der Waals surface area contributed by atoms with Crippen molar-refractivity contribution in [3.8, 4) is 0 Å². The maximum Gasteiger partial charge on any atom is 0.397 e. The Hall–Kier alpha value is -1.70. The average Bonchev–Trinajstić information content (AvgIpc) is 2.53. The second-order valence-electron chi connectivity index (χ2n) is 4.07. The number of aryl methyl sites for hydroxylation is 1. The smallest absolute Gasteiger partial charge is 0.350 e. The van der Waals surface area contributed by atoms with Gasteiger partial charge in [-0.3, -0.25) is 9.35 Å². The van der Waals surface area contributed by atoms with Crippen LogP contribution in [0.15, 0.2) is 36.9 Å². The van der Waals surface area contributed by atoms with Gasteiger partial charge in [-0.2, -0.15) is 8.42 Å². The normalized spacial score (nSPS) is 9.61. The standard InChI is InChI=1S/C10H13NO5S.C4H8.C2H6/c1-8-2-4-9(5-3-8)10(12)11-6-7-16-17(13,14)15;1-3-4-2;1-2/h2-5H,6-7H2,1H3,(H,11,12)(H,13,14,15);3H,1,4H2,2H3;1-2H3. The Morgan fingerprint density at radius 2 is 1.78 bits per heavy atom. The molecule has 2 N–H and O–H groups in total. The number of amides is 1. The Morgan fingerprint density at radius 1 is 1.30 bits per heavy atom. The zero-order chi connectivity index (χ0) is 18.3. The number of hydrogen-bond donors (Lipinski definition) is 2. The molecule has 0 radical (unpaired) electrons. The fourth-order valence-electron chi connectivity index (χ4n) is 1.12. The summed E-state index contributed by atoms with van der Waals surface area (Å²) in [5, 5.41) is 2.45. The summed E-state index contributed by atoms with van der Waals surface area (Å²) in [7, 11) is -4.44. The molecule has 0 fully saturated rings. The average molecular weight is 345 g/mol. The number of hydrogen-bond acceptors (Lipinski definition) is 4. The molecule has 0 heterocycles. The van der Waals surface area contributed by atoms with E-state index in [2.05, 4.69) is 23.0 Å². The zero-order valence-electron chi connectivity index (χ0n) is 14.2. The third-order valence-corrected chi connectivity index (χ3v) is 2.69. The summed E-state index contributed by atoms with van der Waals surface area (Å²) in [4.78, 5) is 11.5. The van der Waals surface area contributed by atoms with Gasteiger partial charge in [0.1, 0.15) is 0 Å². The van der Waals surface area contributed by atoms with Gasteiger partial charge in [0.25, 0.3) is 5.91 Å². The minimum absolute atomic E-state index is 0.00744. The van der Waals surface area contributed by atoms with Crippen LogP contribution in [0.3, 0.4) is 0 Å². The molecule has 0 saturated carbocycles. The molecule has 132 valence electrons. The van der Waals surface area contributed by atoms with Gasteiger partial charge in [0.05, 0.1) is 6.61 Å². The topological polar surface area (TPSA) is 92.7 Å². The van der Waals surface area contributed by atoms with Crippen molar-refractivity contribution in [2.24, 2.45) is 0 Å². The van der Waals surface area contributed by atoms with E-state index in [0.29, 0.717) is 5.56 Å². The third-order valence-electron chi connectivity index (χ3n) is 2.22. The van der Waals surface area contributed by atoms with E-state index in [0.717, 1.165) is 12.0 Å². The summed E-state index contributed by atoms with van der Waals surface area (Å²) in [5.74, 6) is -0.330. The predicted molar refractivity (Wildman–Crippen MR) is 92.8 cm³/mol. The van der Waals surface area contributed by atoms with Crippen molar-refractivity contribution < 1.29 is 21.9 Å². The Kier molecular flexibility index (Phi) is 14.3. The van der Waals surface area contributed by atoms with Crippen LogP contribution in [0.4, 0.5) is 0 Å². The summed E-state index contributed by atoms with van der Waals surface area (Å²) in [6.07, 6.45) is 2.96. The van der Waals surface area contributed by atoms with E-state index in [4.69, 9.17) is 4.55 Å². The van der Waals surface area contributed by atoms with Crippen LogP contribution >= 0.6 is 0 Å². The number of allylic oxidation sites excluding steroid dienone is 1. The van der Waals surface area contributed by atoms with Crippen LogP contribution in [0.1, 0.15) is 43.1 Å². The van der Waals surface area contributed by atoms with E-state index in [9.17, 15) is 13.2 Å². The van der Waals surface area contributed by atoms with Crippen LogP contribution in [0.2, 0.25) is 0 Å². The van der Waals surface area contributed by atoms with E-state index in [1.807, 2.05) is 26.8 Å². The van der Waals surface area contributed by atoms with Crippen molar-refractivity contribution in [2.45, 2.75) is 34.1 Å². The van der Waals surface area contributed by atoms with Gasteiger partial charge in [0, 0.05) is 12.1 Å². The lowest BCUT2D eigenvalue weighted by atomic mass is 10.1. The van der Waals surface area contributed by atoms with Gasteiger partial charge in [-0.1, -0.05) is 44.5 Å². The highest BCUT2D eigenvalue weighted by Gasteiger charge is 2.06. The van der Waals surface area contributed by atoms with Gasteiger partial charge < -0.3 is 5.32 Å². The van der Waals surface area contributed by atoms with Crippen LogP contribution in [0, 0.1) is 6.92 Å². The molecule has 0 atom stereocenters. The quantitative estimate of drug-likeness (QED) is 0.469. The summed E-state index contributed by atoms with van der Waals surface area (Å²) in [5.41, 5.74) is 1.51. The van der Waals surface area contributed by atoms with Crippen LogP contribution in [0.5, 0.6) is 0 Å². The monoisotopic (exact) mass is 345 g/mol. The zero-order valence-corrected chi connectivity index (χ0v) is 15.0. The van der Waals surface area contributed by atoms with Crippen molar-refractivity contribution in [1.29, 1.82) is 0 Å². The van der Waals surface area contributed by atoms with Gasteiger partial charge >= 0.3 is 10.4 Å². The highest BCUT2D eigenvalue weighted by atomic mass is 32.3. The van der Waals surface area contributed by atoms with Crippen molar-refractivity contribution in [3.63, 3.8) is 0 Å².